The van der Waals surface area contributed by atoms with E-state index in [9.17, 15) is 8.42 Å². The highest BCUT2D eigenvalue weighted by atomic mass is 35.5. The van der Waals surface area contributed by atoms with E-state index < -0.39 is 10.0 Å². The van der Waals surface area contributed by atoms with Gasteiger partial charge in [-0.15, -0.1) is 0 Å². The van der Waals surface area contributed by atoms with Crippen molar-refractivity contribution in [2.45, 2.75) is 4.90 Å². The van der Waals surface area contributed by atoms with Gasteiger partial charge in [0.1, 0.15) is 5.82 Å². The molecule has 0 radical (unpaired) electrons. The molecule has 7 heteroatoms. The Morgan fingerprint density at radius 2 is 1.56 bits per heavy atom. The van der Waals surface area contributed by atoms with Gasteiger partial charge in [-0.2, -0.15) is 0 Å². The molecule has 18 heavy (non-hydrogen) atoms. The van der Waals surface area contributed by atoms with Crippen LogP contribution < -0.4 is 4.72 Å². The molecule has 1 N–H and O–H groups in total. The van der Waals surface area contributed by atoms with Crippen LogP contribution in [0.15, 0.2) is 47.5 Å². The molecule has 0 amide bonds. The summed E-state index contributed by atoms with van der Waals surface area (Å²) in [4.78, 5) is 3.97. The monoisotopic (exact) mass is 302 g/mol. The van der Waals surface area contributed by atoms with E-state index in [0.717, 1.165) is 0 Å². The molecule has 0 aliphatic heterocycles. The van der Waals surface area contributed by atoms with Crippen LogP contribution in [0.4, 0.5) is 5.82 Å². The van der Waals surface area contributed by atoms with Crippen LogP contribution in [0.25, 0.3) is 0 Å². The Kier molecular flexibility index (Phi) is 3.75. The van der Waals surface area contributed by atoms with Gasteiger partial charge in [-0.3, -0.25) is 4.72 Å². The lowest BCUT2D eigenvalue weighted by molar-refractivity contribution is 0.601. The minimum atomic E-state index is -3.66. The molecular formula is C11H8Cl2N2O2S. The summed E-state index contributed by atoms with van der Waals surface area (Å²) < 4.78 is 26.3. The van der Waals surface area contributed by atoms with Crippen LogP contribution in [0.2, 0.25) is 10.0 Å². The quantitative estimate of drug-likeness (QED) is 0.947. The lowest BCUT2D eigenvalue weighted by Crippen LogP contribution is -2.13. The fourth-order valence-corrected chi connectivity index (χ4v) is 2.49. The number of hydrogen-bond acceptors (Lipinski definition) is 3. The van der Waals surface area contributed by atoms with Crippen LogP contribution in [0.3, 0.4) is 0 Å². The molecule has 94 valence electrons. The number of nitrogens with zero attached hydrogens (tertiary/aromatic N) is 1. The Labute approximate surface area is 115 Å². The van der Waals surface area contributed by atoms with E-state index in [1.807, 2.05) is 0 Å². The van der Waals surface area contributed by atoms with Gasteiger partial charge in [0.05, 0.1) is 9.92 Å². The van der Waals surface area contributed by atoms with E-state index in [1.54, 1.807) is 6.07 Å². The Bertz CT molecular complexity index is 640. The smallest absolute Gasteiger partial charge is 0.263 e. The Morgan fingerprint density at radius 3 is 2.11 bits per heavy atom. The van der Waals surface area contributed by atoms with Crippen LogP contribution in [0.1, 0.15) is 0 Å². The summed E-state index contributed by atoms with van der Waals surface area (Å²) in [7, 11) is -3.66. The standard InChI is InChI=1S/C11H8Cl2N2O2S/c12-8-1-4-10(5-2-8)18(16,17)15-11-6-3-9(13)7-14-11/h1-7H,(H,14,15). The number of hydrogen-bond donors (Lipinski definition) is 1. The summed E-state index contributed by atoms with van der Waals surface area (Å²) in [6, 6.07) is 8.88. The number of halogens is 2. The van der Waals surface area contributed by atoms with Crippen LogP contribution in [-0.2, 0) is 10.0 Å². The number of pyridine rings is 1. The second kappa shape index (κ2) is 5.14. The summed E-state index contributed by atoms with van der Waals surface area (Å²) in [6.45, 7) is 0. The van der Waals surface area contributed by atoms with E-state index in [2.05, 4.69) is 9.71 Å². The van der Waals surface area contributed by atoms with Crippen LogP contribution in [-0.4, -0.2) is 13.4 Å². The molecule has 0 aliphatic rings. The molecule has 1 aromatic carbocycles. The summed E-state index contributed by atoms with van der Waals surface area (Å²) in [5.74, 6) is 0.203. The van der Waals surface area contributed by atoms with Crippen molar-refractivity contribution in [3.63, 3.8) is 0 Å². The van der Waals surface area contributed by atoms with E-state index in [4.69, 9.17) is 23.2 Å². The molecule has 4 nitrogen and oxygen atoms in total. The second-order valence-electron chi connectivity index (χ2n) is 3.42. The van der Waals surface area contributed by atoms with Crippen molar-refractivity contribution >= 4 is 39.0 Å². The molecule has 0 aliphatic carbocycles. The number of nitrogens with one attached hydrogen (secondary N) is 1. The third kappa shape index (κ3) is 3.13. The first-order chi connectivity index (χ1) is 8.47. The number of sulfonamides is 1. The number of rotatable bonds is 3. The molecule has 0 saturated carbocycles. The first kappa shape index (κ1) is 13.1. The average Bonchev–Trinajstić information content (AvgIpc) is 2.32. The molecule has 2 aromatic rings. The molecule has 0 atom stereocenters. The average molecular weight is 303 g/mol. The fraction of sp³-hybridized carbons (Fsp3) is 0. The maximum absolute atomic E-state index is 12.0. The van der Waals surface area contributed by atoms with E-state index in [1.165, 1.54) is 36.5 Å². The molecule has 1 heterocycles. The van der Waals surface area contributed by atoms with Gasteiger partial charge in [0.25, 0.3) is 10.0 Å². The summed E-state index contributed by atoms with van der Waals surface area (Å²) in [6.07, 6.45) is 1.36. The lowest BCUT2D eigenvalue weighted by Gasteiger charge is -2.07. The van der Waals surface area contributed by atoms with Crippen molar-refractivity contribution in [2.24, 2.45) is 0 Å². The Morgan fingerprint density at radius 1 is 0.944 bits per heavy atom. The summed E-state index contributed by atoms with van der Waals surface area (Å²) >= 11 is 11.4. The van der Waals surface area contributed by atoms with Gasteiger partial charge in [-0.05, 0) is 36.4 Å². The zero-order valence-corrected chi connectivity index (χ0v) is 11.3. The highest BCUT2D eigenvalue weighted by molar-refractivity contribution is 7.92. The third-order valence-corrected chi connectivity index (χ3v) is 3.94. The SMILES string of the molecule is O=S(=O)(Nc1ccc(Cl)cn1)c1ccc(Cl)cc1. The van der Waals surface area contributed by atoms with E-state index >= 15 is 0 Å². The van der Waals surface area contributed by atoms with Crippen LogP contribution >= 0.6 is 23.2 Å². The molecule has 0 saturated heterocycles. The van der Waals surface area contributed by atoms with Gasteiger partial charge in [-0.25, -0.2) is 13.4 Å². The Balaban J connectivity index is 2.27. The molecule has 0 bridgehead atoms. The van der Waals surface area contributed by atoms with Crippen molar-refractivity contribution in [3.05, 3.63) is 52.6 Å². The third-order valence-electron chi connectivity index (χ3n) is 2.09. The maximum Gasteiger partial charge on any atom is 0.263 e. The first-order valence-electron chi connectivity index (χ1n) is 4.87. The highest BCUT2D eigenvalue weighted by Crippen LogP contribution is 2.17. The van der Waals surface area contributed by atoms with Crippen LogP contribution in [0, 0.1) is 0 Å². The van der Waals surface area contributed by atoms with E-state index in [-0.39, 0.29) is 10.7 Å². The molecule has 0 spiro atoms. The zero-order valence-electron chi connectivity index (χ0n) is 8.97. The minimum absolute atomic E-state index is 0.114. The topological polar surface area (TPSA) is 59.1 Å². The van der Waals surface area contributed by atoms with E-state index in [0.29, 0.717) is 10.0 Å². The minimum Gasteiger partial charge on any atom is -0.263 e. The molecule has 1 aromatic heterocycles. The molecule has 2 rings (SSSR count). The lowest BCUT2D eigenvalue weighted by atomic mass is 10.4. The van der Waals surface area contributed by atoms with Crippen molar-refractivity contribution in [2.75, 3.05) is 4.72 Å². The molecular weight excluding hydrogens is 295 g/mol. The van der Waals surface area contributed by atoms with Crippen LogP contribution in [0.5, 0.6) is 0 Å². The summed E-state index contributed by atoms with van der Waals surface area (Å²) in [5, 5.41) is 0.906. The number of benzene rings is 1. The fourth-order valence-electron chi connectivity index (χ4n) is 1.25. The van der Waals surface area contributed by atoms with Gasteiger partial charge in [-0.1, -0.05) is 23.2 Å². The first-order valence-corrected chi connectivity index (χ1v) is 7.11. The highest BCUT2D eigenvalue weighted by Gasteiger charge is 2.14. The number of aromatic nitrogens is 1. The van der Waals surface area contributed by atoms with Gasteiger partial charge < -0.3 is 0 Å². The maximum atomic E-state index is 12.0. The van der Waals surface area contributed by atoms with Crippen molar-refractivity contribution in [1.29, 1.82) is 0 Å². The van der Waals surface area contributed by atoms with Gasteiger partial charge >= 0.3 is 0 Å². The van der Waals surface area contributed by atoms with Crippen molar-refractivity contribution < 1.29 is 8.42 Å². The van der Waals surface area contributed by atoms with Crippen molar-refractivity contribution in [1.82, 2.24) is 4.98 Å². The predicted octanol–water partition coefficient (Wildman–Crippen LogP) is 3.19. The van der Waals surface area contributed by atoms with Gasteiger partial charge in [0.2, 0.25) is 0 Å². The normalized spacial score (nSPS) is 11.2. The second-order valence-corrected chi connectivity index (χ2v) is 5.98. The van der Waals surface area contributed by atoms with Gasteiger partial charge in [0.15, 0.2) is 0 Å². The molecule has 0 unspecified atom stereocenters. The van der Waals surface area contributed by atoms with Gasteiger partial charge in [0, 0.05) is 11.2 Å². The summed E-state index contributed by atoms with van der Waals surface area (Å²) in [5.41, 5.74) is 0. The Hall–Kier alpha value is -1.30. The molecule has 0 fully saturated rings. The predicted molar refractivity (Wildman–Crippen MR) is 71.5 cm³/mol. The largest absolute Gasteiger partial charge is 0.263 e. The van der Waals surface area contributed by atoms with Crippen molar-refractivity contribution in [3.8, 4) is 0 Å². The number of anilines is 1. The zero-order chi connectivity index (χ0) is 13.2.